The lowest BCUT2D eigenvalue weighted by Crippen LogP contribution is -2.20. The zero-order chi connectivity index (χ0) is 22.4. The van der Waals surface area contributed by atoms with Crippen LogP contribution in [0.3, 0.4) is 0 Å². The number of ether oxygens (including phenoxy) is 1. The lowest BCUT2D eigenvalue weighted by Gasteiger charge is -2.12. The highest BCUT2D eigenvalue weighted by Crippen LogP contribution is 2.22. The molecule has 0 heterocycles. The molecule has 0 atom stereocenters. The van der Waals surface area contributed by atoms with Gasteiger partial charge in [0, 0.05) is 5.69 Å². The predicted octanol–water partition coefficient (Wildman–Crippen LogP) is 4.68. The van der Waals surface area contributed by atoms with Crippen LogP contribution in [0.2, 0.25) is 0 Å². The first-order chi connectivity index (χ1) is 14.8. The minimum absolute atomic E-state index is 0.112. The number of hydrogen-bond acceptors (Lipinski definition) is 4. The summed E-state index contributed by atoms with van der Waals surface area (Å²) in [4.78, 5) is 12.2. The van der Waals surface area contributed by atoms with Crippen LogP contribution in [0.4, 0.5) is 11.4 Å². The largest absolute Gasteiger partial charge is 0.484 e. The quantitative estimate of drug-likeness (QED) is 0.535. The Balaban J connectivity index is 1.58. The number of anilines is 2. The van der Waals surface area contributed by atoms with Gasteiger partial charge in [-0.15, -0.1) is 0 Å². The van der Waals surface area contributed by atoms with Gasteiger partial charge < -0.3 is 10.1 Å². The first kappa shape index (κ1) is 22.4. The Kier molecular flexibility index (Phi) is 6.97. The van der Waals surface area contributed by atoms with E-state index < -0.39 is 10.0 Å². The van der Waals surface area contributed by atoms with E-state index in [0.717, 1.165) is 17.5 Å². The molecule has 0 aromatic heterocycles. The van der Waals surface area contributed by atoms with E-state index in [-0.39, 0.29) is 17.4 Å². The van der Waals surface area contributed by atoms with Crippen molar-refractivity contribution in [2.45, 2.75) is 32.1 Å². The molecule has 2 N–H and O–H groups in total. The monoisotopic (exact) mass is 438 g/mol. The molecule has 3 rings (SSSR count). The smallest absolute Gasteiger partial charge is 0.262 e. The maximum absolute atomic E-state index is 12.7. The van der Waals surface area contributed by atoms with Crippen molar-refractivity contribution in [2.75, 3.05) is 16.6 Å². The summed E-state index contributed by atoms with van der Waals surface area (Å²) in [6, 6.07) is 19.2. The minimum atomic E-state index is -3.73. The number of nitrogens with one attached hydrogen (secondary N) is 2. The first-order valence-electron chi connectivity index (χ1n) is 9.98. The van der Waals surface area contributed by atoms with Gasteiger partial charge in [-0.25, -0.2) is 8.42 Å². The van der Waals surface area contributed by atoms with Crippen LogP contribution in [0, 0.1) is 13.8 Å². The second-order valence-electron chi connectivity index (χ2n) is 7.28. The predicted molar refractivity (Wildman–Crippen MR) is 123 cm³/mol. The number of hydrogen-bond donors (Lipinski definition) is 2. The van der Waals surface area contributed by atoms with Crippen LogP contribution in [-0.4, -0.2) is 20.9 Å². The van der Waals surface area contributed by atoms with Crippen molar-refractivity contribution in [3.8, 4) is 5.75 Å². The van der Waals surface area contributed by atoms with E-state index in [9.17, 15) is 13.2 Å². The Morgan fingerprint density at radius 1 is 0.935 bits per heavy atom. The summed E-state index contributed by atoms with van der Waals surface area (Å²) in [6.45, 7) is 5.64. The van der Waals surface area contributed by atoms with Crippen molar-refractivity contribution in [1.82, 2.24) is 0 Å². The summed E-state index contributed by atoms with van der Waals surface area (Å²) in [7, 11) is -3.73. The molecule has 0 bridgehead atoms. The van der Waals surface area contributed by atoms with Gasteiger partial charge >= 0.3 is 0 Å². The van der Waals surface area contributed by atoms with E-state index >= 15 is 0 Å². The standard InChI is InChI=1S/C24H26N2O4S/c1-4-19-7-9-20(10-8-19)25-24(27)16-30-21-11-13-22(14-12-21)31(28,29)26-23-15-17(2)5-6-18(23)3/h5-15,26H,4,16H2,1-3H3,(H,25,27). The van der Waals surface area contributed by atoms with Crippen LogP contribution < -0.4 is 14.8 Å². The molecule has 0 aliphatic heterocycles. The molecule has 3 aromatic carbocycles. The maximum Gasteiger partial charge on any atom is 0.262 e. The molecule has 0 fully saturated rings. The van der Waals surface area contributed by atoms with Gasteiger partial charge in [-0.3, -0.25) is 9.52 Å². The van der Waals surface area contributed by atoms with Gasteiger partial charge in [0.1, 0.15) is 5.75 Å². The van der Waals surface area contributed by atoms with Crippen molar-refractivity contribution in [3.05, 3.63) is 83.4 Å². The third-order valence-corrected chi connectivity index (χ3v) is 6.17. The summed E-state index contributed by atoms with van der Waals surface area (Å²) in [5.41, 5.74) is 4.24. The highest BCUT2D eigenvalue weighted by Gasteiger charge is 2.15. The van der Waals surface area contributed by atoms with Gasteiger partial charge in [-0.1, -0.05) is 31.2 Å². The number of sulfonamides is 1. The SMILES string of the molecule is CCc1ccc(NC(=O)COc2ccc(S(=O)(=O)Nc3cc(C)ccc3C)cc2)cc1. The Hall–Kier alpha value is -3.32. The van der Waals surface area contributed by atoms with Crippen LogP contribution in [0.5, 0.6) is 5.75 Å². The van der Waals surface area contributed by atoms with Crippen LogP contribution in [0.15, 0.2) is 71.6 Å². The van der Waals surface area contributed by atoms with Crippen molar-refractivity contribution >= 4 is 27.3 Å². The molecular weight excluding hydrogens is 412 g/mol. The number of rotatable bonds is 8. The molecule has 31 heavy (non-hydrogen) atoms. The fraction of sp³-hybridized carbons (Fsp3) is 0.208. The summed E-state index contributed by atoms with van der Waals surface area (Å²) in [5, 5.41) is 2.77. The molecule has 7 heteroatoms. The van der Waals surface area contributed by atoms with Crippen molar-refractivity contribution in [2.24, 2.45) is 0 Å². The molecule has 1 amide bonds. The molecule has 0 saturated carbocycles. The van der Waals surface area contributed by atoms with Crippen LogP contribution in [-0.2, 0) is 21.2 Å². The van der Waals surface area contributed by atoms with E-state index in [4.69, 9.17) is 4.74 Å². The van der Waals surface area contributed by atoms with Gasteiger partial charge in [-0.05, 0) is 79.4 Å². The summed E-state index contributed by atoms with van der Waals surface area (Å²) in [5.74, 6) is 0.111. The Morgan fingerprint density at radius 3 is 2.26 bits per heavy atom. The number of carbonyl (C=O) groups excluding carboxylic acids is 1. The molecule has 0 unspecified atom stereocenters. The normalized spacial score (nSPS) is 11.1. The zero-order valence-electron chi connectivity index (χ0n) is 17.8. The molecule has 0 radical (unpaired) electrons. The first-order valence-corrected chi connectivity index (χ1v) is 11.5. The number of aryl methyl sites for hydroxylation is 3. The lowest BCUT2D eigenvalue weighted by atomic mass is 10.1. The number of amides is 1. The minimum Gasteiger partial charge on any atom is -0.484 e. The molecule has 0 aliphatic carbocycles. The fourth-order valence-corrected chi connectivity index (χ4v) is 4.06. The Morgan fingerprint density at radius 2 is 1.61 bits per heavy atom. The fourth-order valence-electron chi connectivity index (χ4n) is 2.93. The van der Waals surface area contributed by atoms with Gasteiger partial charge in [0.15, 0.2) is 6.61 Å². The van der Waals surface area contributed by atoms with E-state index in [2.05, 4.69) is 17.0 Å². The van der Waals surface area contributed by atoms with Crippen LogP contribution in [0.25, 0.3) is 0 Å². The van der Waals surface area contributed by atoms with Crippen LogP contribution >= 0.6 is 0 Å². The van der Waals surface area contributed by atoms with Crippen molar-refractivity contribution < 1.29 is 17.9 Å². The zero-order valence-corrected chi connectivity index (χ0v) is 18.6. The number of carbonyl (C=O) groups is 1. The van der Waals surface area contributed by atoms with Crippen molar-refractivity contribution in [1.29, 1.82) is 0 Å². The Labute approximate surface area is 183 Å². The van der Waals surface area contributed by atoms with E-state index in [1.165, 1.54) is 29.8 Å². The average Bonchev–Trinajstić information content (AvgIpc) is 2.75. The average molecular weight is 439 g/mol. The lowest BCUT2D eigenvalue weighted by molar-refractivity contribution is -0.118. The van der Waals surface area contributed by atoms with E-state index in [1.54, 1.807) is 6.07 Å². The highest BCUT2D eigenvalue weighted by molar-refractivity contribution is 7.92. The number of benzene rings is 3. The summed E-state index contributed by atoms with van der Waals surface area (Å²) < 4.78 is 33.4. The van der Waals surface area contributed by atoms with Gasteiger partial charge in [-0.2, -0.15) is 0 Å². The van der Waals surface area contributed by atoms with Crippen molar-refractivity contribution in [3.63, 3.8) is 0 Å². The third kappa shape index (κ3) is 6.08. The molecule has 0 saturated heterocycles. The third-order valence-electron chi connectivity index (χ3n) is 4.79. The van der Waals surface area contributed by atoms with Crippen LogP contribution in [0.1, 0.15) is 23.6 Å². The summed E-state index contributed by atoms with van der Waals surface area (Å²) in [6.07, 6.45) is 0.934. The van der Waals surface area contributed by atoms with E-state index in [0.29, 0.717) is 17.1 Å². The summed E-state index contributed by atoms with van der Waals surface area (Å²) >= 11 is 0. The molecule has 0 spiro atoms. The maximum atomic E-state index is 12.7. The second-order valence-corrected chi connectivity index (χ2v) is 8.97. The molecular formula is C24H26N2O4S. The molecule has 162 valence electrons. The van der Waals surface area contributed by atoms with Gasteiger partial charge in [0.05, 0.1) is 10.6 Å². The second kappa shape index (κ2) is 9.66. The molecule has 0 aliphatic rings. The molecule has 3 aromatic rings. The van der Waals surface area contributed by atoms with Gasteiger partial charge in [0.25, 0.3) is 15.9 Å². The topological polar surface area (TPSA) is 84.5 Å². The van der Waals surface area contributed by atoms with E-state index in [1.807, 2.05) is 50.2 Å². The highest BCUT2D eigenvalue weighted by atomic mass is 32.2. The Bertz CT molecular complexity index is 1160. The molecule has 6 nitrogen and oxygen atoms in total. The van der Waals surface area contributed by atoms with Gasteiger partial charge in [0.2, 0.25) is 0 Å².